The van der Waals surface area contributed by atoms with Gasteiger partial charge in [-0.1, -0.05) is 29.8 Å². The lowest BCUT2D eigenvalue weighted by atomic mass is 10.1. The van der Waals surface area contributed by atoms with Gasteiger partial charge in [-0.2, -0.15) is 0 Å². The number of carboxylic acid groups (broad SMARTS) is 1. The lowest BCUT2D eigenvalue weighted by Crippen LogP contribution is -2.03. The van der Waals surface area contributed by atoms with Crippen LogP contribution in [0.25, 0.3) is 11.1 Å². The number of aryl methyl sites for hydroxylation is 2. The summed E-state index contributed by atoms with van der Waals surface area (Å²) >= 11 is 0. The first kappa shape index (κ1) is 14.9. The lowest BCUT2D eigenvalue weighted by Gasteiger charge is -2.06. The molecule has 6 nitrogen and oxygen atoms in total. The average molecular weight is 289 g/mol. The molecule has 0 fully saturated rings. The molecule has 112 valence electrons. The van der Waals surface area contributed by atoms with Gasteiger partial charge in [0.15, 0.2) is 0 Å². The van der Waals surface area contributed by atoms with Crippen LogP contribution in [0.15, 0.2) is 24.3 Å². The molecule has 0 atom stereocenters. The van der Waals surface area contributed by atoms with E-state index in [1.54, 1.807) is 11.7 Å². The van der Waals surface area contributed by atoms with E-state index < -0.39 is 5.97 Å². The van der Waals surface area contributed by atoms with E-state index in [2.05, 4.69) is 5.10 Å². The minimum Gasteiger partial charge on any atom is -0.481 e. The minimum absolute atomic E-state index is 0.0716. The van der Waals surface area contributed by atoms with E-state index in [0.29, 0.717) is 24.7 Å². The molecule has 0 aliphatic heterocycles. The molecule has 0 aliphatic rings. The number of ether oxygens (including phenoxy) is 1. The van der Waals surface area contributed by atoms with Gasteiger partial charge in [-0.05, 0) is 18.9 Å². The second-order valence-corrected chi connectivity index (χ2v) is 4.90. The smallest absolute Gasteiger partial charge is 0.303 e. The number of benzene rings is 1. The third kappa shape index (κ3) is 3.53. The average Bonchev–Trinajstić information content (AvgIpc) is 2.71. The first-order chi connectivity index (χ1) is 9.99. The van der Waals surface area contributed by atoms with Gasteiger partial charge >= 0.3 is 5.97 Å². The Balaban J connectivity index is 2.20. The molecule has 1 aromatic heterocycles. The number of carbonyl (C=O) groups is 1. The van der Waals surface area contributed by atoms with E-state index in [4.69, 9.17) is 15.6 Å². The second kappa shape index (κ2) is 6.30. The molecular formula is C15H19N3O3. The summed E-state index contributed by atoms with van der Waals surface area (Å²) in [5.41, 5.74) is 8.88. The minimum atomic E-state index is -0.835. The Hall–Kier alpha value is -2.50. The Morgan fingerprint density at radius 3 is 2.67 bits per heavy atom. The summed E-state index contributed by atoms with van der Waals surface area (Å²) < 4.78 is 7.16. The predicted molar refractivity (Wildman–Crippen MR) is 80.2 cm³/mol. The van der Waals surface area contributed by atoms with Crippen LogP contribution in [0.1, 0.15) is 18.4 Å². The van der Waals surface area contributed by atoms with Gasteiger partial charge in [0, 0.05) is 13.5 Å². The number of aliphatic carboxylic acids is 1. The number of hydrogen-bond acceptors (Lipinski definition) is 4. The molecule has 0 saturated heterocycles. The number of nitrogens with zero attached hydrogens (tertiary/aromatic N) is 2. The molecule has 6 heteroatoms. The summed E-state index contributed by atoms with van der Waals surface area (Å²) in [5.74, 6) is 0.120. The normalized spacial score (nSPS) is 10.6. The fourth-order valence-corrected chi connectivity index (χ4v) is 2.00. The topological polar surface area (TPSA) is 90.4 Å². The van der Waals surface area contributed by atoms with Gasteiger partial charge in [-0.3, -0.25) is 4.79 Å². The van der Waals surface area contributed by atoms with Crippen molar-refractivity contribution in [2.24, 2.45) is 7.05 Å². The second-order valence-electron chi connectivity index (χ2n) is 4.90. The molecule has 2 rings (SSSR count). The van der Waals surface area contributed by atoms with Crippen molar-refractivity contribution in [3.8, 4) is 17.0 Å². The van der Waals surface area contributed by atoms with Crippen LogP contribution in [0.2, 0.25) is 0 Å². The SMILES string of the molecule is Cc1ccc(-c2c(OCCCC(=O)O)nn(C)c2N)cc1. The van der Waals surface area contributed by atoms with Gasteiger partial charge in [0.2, 0.25) is 5.88 Å². The summed E-state index contributed by atoms with van der Waals surface area (Å²) in [7, 11) is 1.75. The van der Waals surface area contributed by atoms with Crippen LogP contribution < -0.4 is 10.5 Å². The van der Waals surface area contributed by atoms with Gasteiger partial charge in [-0.25, -0.2) is 4.68 Å². The molecule has 0 radical (unpaired) electrons. The van der Waals surface area contributed by atoms with Gasteiger partial charge in [0.1, 0.15) is 5.82 Å². The van der Waals surface area contributed by atoms with E-state index in [0.717, 1.165) is 16.7 Å². The van der Waals surface area contributed by atoms with E-state index in [1.807, 2.05) is 31.2 Å². The van der Waals surface area contributed by atoms with Crippen LogP contribution in [0.3, 0.4) is 0 Å². The maximum absolute atomic E-state index is 10.5. The lowest BCUT2D eigenvalue weighted by molar-refractivity contribution is -0.137. The van der Waals surface area contributed by atoms with Crippen molar-refractivity contribution in [3.63, 3.8) is 0 Å². The number of nitrogen functional groups attached to an aromatic ring is 1. The Bertz CT molecular complexity index is 632. The number of anilines is 1. The fourth-order valence-electron chi connectivity index (χ4n) is 2.00. The first-order valence-electron chi connectivity index (χ1n) is 6.73. The fraction of sp³-hybridized carbons (Fsp3) is 0.333. The molecule has 21 heavy (non-hydrogen) atoms. The van der Waals surface area contributed by atoms with Crippen LogP contribution in [0, 0.1) is 6.92 Å². The summed E-state index contributed by atoms with van der Waals surface area (Å²) in [5, 5.41) is 12.9. The monoisotopic (exact) mass is 289 g/mol. The van der Waals surface area contributed by atoms with Crippen LogP contribution in [0.5, 0.6) is 5.88 Å². The van der Waals surface area contributed by atoms with Gasteiger partial charge < -0.3 is 15.6 Å². The van der Waals surface area contributed by atoms with Crippen molar-refractivity contribution >= 4 is 11.8 Å². The Labute approximate surface area is 123 Å². The zero-order chi connectivity index (χ0) is 15.4. The van der Waals surface area contributed by atoms with Crippen molar-refractivity contribution in [1.82, 2.24) is 9.78 Å². The highest BCUT2D eigenvalue weighted by Crippen LogP contribution is 2.34. The molecule has 0 amide bonds. The number of rotatable bonds is 6. The molecule has 0 bridgehead atoms. The van der Waals surface area contributed by atoms with Crippen molar-refractivity contribution in [3.05, 3.63) is 29.8 Å². The standard InChI is InChI=1S/C15H19N3O3/c1-10-5-7-11(8-6-10)13-14(16)18(2)17-15(13)21-9-3-4-12(19)20/h5-8H,3-4,9,16H2,1-2H3,(H,19,20). The molecule has 3 N–H and O–H groups in total. The molecule has 0 aliphatic carbocycles. The highest BCUT2D eigenvalue weighted by molar-refractivity contribution is 5.79. The number of nitrogens with two attached hydrogens (primary N) is 1. The molecular weight excluding hydrogens is 270 g/mol. The Morgan fingerprint density at radius 2 is 2.05 bits per heavy atom. The molecule has 2 aromatic rings. The number of hydrogen-bond donors (Lipinski definition) is 2. The Morgan fingerprint density at radius 1 is 1.38 bits per heavy atom. The maximum atomic E-state index is 10.5. The summed E-state index contributed by atoms with van der Waals surface area (Å²) in [4.78, 5) is 10.5. The van der Waals surface area contributed by atoms with E-state index in [-0.39, 0.29) is 6.42 Å². The third-order valence-electron chi connectivity index (χ3n) is 3.17. The zero-order valence-electron chi connectivity index (χ0n) is 12.2. The van der Waals surface area contributed by atoms with Gasteiger partial charge in [0.05, 0.1) is 12.2 Å². The molecule has 0 unspecified atom stereocenters. The number of carboxylic acids is 1. The van der Waals surface area contributed by atoms with Crippen molar-refractivity contribution < 1.29 is 14.6 Å². The maximum Gasteiger partial charge on any atom is 0.303 e. The molecule has 0 saturated carbocycles. The molecule has 1 aromatic carbocycles. The quantitative estimate of drug-likeness (QED) is 0.796. The zero-order valence-corrected chi connectivity index (χ0v) is 12.2. The van der Waals surface area contributed by atoms with Crippen LogP contribution >= 0.6 is 0 Å². The third-order valence-corrected chi connectivity index (χ3v) is 3.17. The first-order valence-corrected chi connectivity index (χ1v) is 6.73. The largest absolute Gasteiger partial charge is 0.481 e. The van der Waals surface area contributed by atoms with Crippen LogP contribution in [0.4, 0.5) is 5.82 Å². The predicted octanol–water partition coefficient (Wildman–Crippen LogP) is 2.22. The summed E-state index contributed by atoms with van der Waals surface area (Å²) in [6.07, 6.45) is 0.501. The highest BCUT2D eigenvalue weighted by atomic mass is 16.5. The highest BCUT2D eigenvalue weighted by Gasteiger charge is 2.17. The molecule has 1 heterocycles. The van der Waals surface area contributed by atoms with E-state index in [1.165, 1.54) is 0 Å². The van der Waals surface area contributed by atoms with Crippen molar-refractivity contribution in [1.29, 1.82) is 0 Å². The van der Waals surface area contributed by atoms with Crippen molar-refractivity contribution in [2.45, 2.75) is 19.8 Å². The van der Waals surface area contributed by atoms with E-state index >= 15 is 0 Å². The van der Waals surface area contributed by atoms with Gasteiger partial charge in [0.25, 0.3) is 0 Å². The summed E-state index contributed by atoms with van der Waals surface area (Å²) in [6, 6.07) is 7.92. The van der Waals surface area contributed by atoms with Crippen molar-refractivity contribution in [2.75, 3.05) is 12.3 Å². The van der Waals surface area contributed by atoms with Gasteiger partial charge in [-0.15, -0.1) is 5.10 Å². The van der Waals surface area contributed by atoms with E-state index in [9.17, 15) is 4.79 Å². The van der Waals surface area contributed by atoms with Crippen LogP contribution in [-0.4, -0.2) is 27.5 Å². The Kier molecular flexibility index (Phi) is 4.47. The molecule has 0 spiro atoms. The van der Waals surface area contributed by atoms with Crippen LogP contribution in [-0.2, 0) is 11.8 Å². The summed E-state index contributed by atoms with van der Waals surface area (Å²) in [6.45, 7) is 2.31. The number of aromatic nitrogens is 2.